The normalized spacial score (nSPS) is 15.0. The molecule has 0 spiro atoms. The lowest BCUT2D eigenvalue weighted by molar-refractivity contribution is 0.144. The maximum atomic E-state index is 5.19. The van der Waals surface area contributed by atoms with E-state index in [4.69, 9.17) is 4.74 Å². The summed E-state index contributed by atoms with van der Waals surface area (Å²) in [6, 6.07) is 6.75. The van der Waals surface area contributed by atoms with Crippen molar-refractivity contribution < 1.29 is 4.74 Å². The summed E-state index contributed by atoms with van der Waals surface area (Å²) in [5, 5.41) is 6.72. The molecular weight excluding hydrogens is 290 g/mol. The molecular formula is C17H29N5O. The number of ether oxygens (including phenoxy) is 1. The first kappa shape index (κ1) is 17.7. The highest BCUT2D eigenvalue weighted by molar-refractivity contribution is 5.79. The van der Waals surface area contributed by atoms with E-state index in [-0.39, 0.29) is 0 Å². The van der Waals surface area contributed by atoms with Crippen LogP contribution in [0.3, 0.4) is 0 Å². The van der Waals surface area contributed by atoms with E-state index in [9.17, 15) is 0 Å². The van der Waals surface area contributed by atoms with Crippen LogP contribution in [-0.4, -0.2) is 68.8 Å². The van der Waals surface area contributed by atoms with Gasteiger partial charge in [-0.05, 0) is 25.0 Å². The molecule has 0 radical (unpaired) electrons. The topological polar surface area (TPSA) is 61.8 Å². The van der Waals surface area contributed by atoms with E-state index in [1.807, 2.05) is 24.4 Å². The van der Waals surface area contributed by atoms with Crippen LogP contribution in [0.4, 0.5) is 0 Å². The fourth-order valence-electron chi connectivity index (χ4n) is 2.52. The predicted octanol–water partition coefficient (Wildman–Crippen LogP) is 0.900. The summed E-state index contributed by atoms with van der Waals surface area (Å²) >= 11 is 0. The molecule has 1 heterocycles. The number of aliphatic imine (C=N–C) groups is 1. The van der Waals surface area contributed by atoms with Crippen molar-refractivity contribution in [2.45, 2.75) is 25.3 Å². The third-order valence-corrected chi connectivity index (χ3v) is 3.96. The van der Waals surface area contributed by atoms with Crippen molar-refractivity contribution >= 4 is 5.96 Å². The van der Waals surface area contributed by atoms with E-state index in [2.05, 4.69) is 25.5 Å². The van der Waals surface area contributed by atoms with Crippen LogP contribution in [0, 0.1) is 0 Å². The fraction of sp³-hybridized carbons (Fsp3) is 0.647. The van der Waals surface area contributed by atoms with Gasteiger partial charge < -0.3 is 15.4 Å². The molecule has 6 nitrogen and oxygen atoms in total. The van der Waals surface area contributed by atoms with E-state index < -0.39 is 0 Å². The van der Waals surface area contributed by atoms with Crippen LogP contribution in [-0.2, 0) is 11.2 Å². The molecule has 1 aliphatic carbocycles. The molecule has 0 bridgehead atoms. The summed E-state index contributed by atoms with van der Waals surface area (Å²) in [5.74, 6) is 0.850. The average molecular weight is 319 g/mol. The summed E-state index contributed by atoms with van der Waals surface area (Å²) in [6.45, 7) is 4.55. The van der Waals surface area contributed by atoms with E-state index in [1.165, 1.54) is 12.8 Å². The quantitative estimate of drug-likeness (QED) is 0.496. The Morgan fingerprint density at radius 3 is 2.78 bits per heavy atom. The highest BCUT2D eigenvalue weighted by atomic mass is 16.5. The molecule has 0 saturated heterocycles. The first-order valence-electron chi connectivity index (χ1n) is 8.41. The van der Waals surface area contributed by atoms with Crippen LogP contribution < -0.4 is 10.6 Å². The smallest absolute Gasteiger partial charge is 0.191 e. The Morgan fingerprint density at radius 1 is 1.30 bits per heavy atom. The molecule has 0 aromatic carbocycles. The van der Waals surface area contributed by atoms with Gasteiger partial charge in [-0.3, -0.25) is 14.9 Å². The first-order chi connectivity index (χ1) is 11.3. The minimum Gasteiger partial charge on any atom is -0.383 e. The number of rotatable bonds is 10. The minimum absolute atomic E-state index is 0.756. The van der Waals surface area contributed by atoms with Gasteiger partial charge in [0.05, 0.1) is 6.61 Å². The minimum atomic E-state index is 0.756. The average Bonchev–Trinajstić information content (AvgIpc) is 3.42. The molecule has 0 aliphatic heterocycles. The van der Waals surface area contributed by atoms with Gasteiger partial charge in [0, 0.05) is 64.7 Å². The number of pyridine rings is 1. The van der Waals surface area contributed by atoms with Crippen LogP contribution >= 0.6 is 0 Å². The maximum Gasteiger partial charge on any atom is 0.191 e. The van der Waals surface area contributed by atoms with E-state index in [0.717, 1.165) is 56.9 Å². The van der Waals surface area contributed by atoms with Crippen LogP contribution in [0.25, 0.3) is 0 Å². The molecule has 1 fully saturated rings. The number of guanidine groups is 1. The number of hydrogen-bond donors (Lipinski definition) is 2. The molecule has 2 rings (SSSR count). The SMILES string of the molecule is CN=C(NCCc1ccccn1)NCCN(CCOC)C1CC1. The van der Waals surface area contributed by atoms with Gasteiger partial charge >= 0.3 is 0 Å². The maximum absolute atomic E-state index is 5.19. The Hall–Kier alpha value is -1.66. The van der Waals surface area contributed by atoms with Gasteiger partial charge in [-0.15, -0.1) is 0 Å². The number of hydrogen-bond acceptors (Lipinski definition) is 4. The lowest BCUT2D eigenvalue weighted by Crippen LogP contribution is -2.43. The molecule has 6 heteroatoms. The zero-order valence-corrected chi connectivity index (χ0v) is 14.3. The van der Waals surface area contributed by atoms with Crippen LogP contribution in [0.1, 0.15) is 18.5 Å². The second-order valence-corrected chi connectivity index (χ2v) is 5.76. The van der Waals surface area contributed by atoms with Crippen molar-refractivity contribution in [2.75, 3.05) is 46.9 Å². The number of aromatic nitrogens is 1. The summed E-state index contributed by atoms with van der Waals surface area (Å²) in [6.07, 6.45) is 5.36. The van der Waals surface area contributed by atoms with Gasteiger partial charge in [-0.1, -0.05) is 6.07 Å². The molecule has 128 valence electrons. The summed E-state index contributed by atoms with van der Waals surface area (Å²) in [5.41, 5.74) is 1.09. The number of nitrogens with one attached hydrogen (secondary N) is 2. The molecule has 1 aromatic heterocycles. The van der Waals surface area contributed by atoms with Crippen molar-refractivity contribution in [1.82, 2.24) is 20.5 Å². The molecule has 1 aliphatic rings. The highest BCUT2D eigenvalue weighted by Gasteiger charge is 2.28. The van der Waals surface area contributed by atoms with Crippen LogP contribution in [0.5, 0.6) is 0 Å². The zero-order chi connectivity index (χ0) is 16.3. The Labute approximate surface area is 139 Å². The van der Waals surface area contributed by atoms with Crippen molar-refractivity contribution in [3.05, 3.63) is 30.1 Å². The van der Waals surface area contributed by atoms with E-state index >= 15 is 0 Å². The third kappa shape index (κ3) is 6.97. The summed E-state index contributed by atoms with van der Waals surface area (Å²) in [7, 11) is 3.57. The van der Waals surface area contributed by atoms with Gasteiger partial charge in [-0.2, -0.15) is 0 Å². The van der Waals surface area contributed by atoms with Crippen LogP contribution in [0.2, 0.25) is 0 Å². The Morgan fingerprint density at radius 2 is 2.13 bits per heavy atom. The molecule has 23 heavy (non-hydrogen) atoms. The monoisotopic (exact) mass is 319 g/mol. The first-order valence-corrected chi connectivity index (χ1v) is 8.41. The predicted molar refractivity (Wildman–Crippen MR) is 93.8 cm³/mol. The third-order valence-electron chi connectivity index (χ3n) is 3.96. The van der Waals surface area contributed by atoms with E-state index in [1.54, 1.807) is 14.2 Å². The standard InChI is InChI=1S/C17H29N5O/c1-18-17(20-10-8-15-5-3-4-9-19-15)21-11-12-22(13-14-23-2)16-6-7-16/h3-5,9,16H,6-8,10-14H2,1-2H3,(H2,18,20,21). The largest absolute Gasteiger partial charge is 0.383 e. The zero-order valence-electron chi connectivity index (χ0n) is 14.3. The Balaban J connectivity index is 1.62. The van der Waals surface area contributed by atoms with Gasteiger partial charge in [0.2, 0.25) is 0 Å². The van der Waals surface area contributed by atoms with Crippen molar-refractivity contribution in [2.24, 2.45) is 4.99 Å². The molecule has 0 unspecified atom stereocenters. The molecule has 0 atom stereocenters. The molecule has 2 N–H and O–H groups in total. The second-order valence-electron chi connectivity index (χ2n) is 5.76. The van der Waals surface area contributed by atoms with Gasteiger partial charge in [0.1, 0.15) is 0 Å². The Bertz CT molecular complexity index is 461. The number of methoxy groups -OCH3 is 1. The highest BCUT2D eigenvalue weighted by Crippen LogP contribution is 2.25. The van der Waals surface area contributed by atoms with Crippen molar-refractivity contribution in [3.8, 4) is 0 Å². The Kier molecular flexibility index (Phi) is 7.83. The second kappa shape index (κ2) is 10.2. The molecule has 1 aromatic rings. The number of nitrogens with zero attached hydrogens (tertiary/aromatic N) is 3. The fourth-order valence-corrected chi connectivity index (χ4v) is 2.52. The van der Waals surface area contributed by atoms with Crippen LogP contribution in [0.15, 0.2) is 29.4 Å². The van der Waals surface area contributed by atoms with E-state index in [0.29, 0.717) is 0 Å². The lowest BCUT2D eigenvalue weighted by Gasteiger charge is -2.22. The molecule has 0 amide bonds. The van der Waals surface area contributed by atoms with Gasteiger partial charge in [-0.25, -0.2) is 0 Å². The lowest BCUT2D eigenvalue weighted by atomic mass is 10.3. The summed E-state index contributed by atoms with van der Waals surface area (Å²) < 4.78 is 5.19. The summed E-state index contributed by atoms with van der Waals surface area (Å²) in [4.78, 5) is 11.1. The van der Waals surface area contributed by atoms with Gasteiger partial charge in [0.15, 0.2) is 5.96 Å². The molecule has 1 saturated carbocycles. The van der Waals surface area contributed by atoms with Crippen molar-refractivity contribution in [3.63, 3.8) is 0 Å². The van der Waals surface area contributed by atoms with Crippen molar-refractivity contribution in [1.29, 1.82) is 0 Å². The van der Waals surface area contributed by atoms with Gasteiger partial charge in [0.25, 0.3) is 0 Å².